The Bertz CT molecular complexity index is 1270. The molecule has 2 aromatic carbocycles. The summed E-state index contributed by atoms with van der Waals surface area (Å²) in [5, 5.41) is 19.4. The zero-order valence-electron chi connectivity index (χ0n) is 15.8. The number of carbonyl (C=O) groups excluding carboxylic acids is 2. The van der Waals surface area contributed by atoms with Crippen molar-refractivity contribution < 1.29 is 18.9 Å². The minimum Gasteiger partial charge on any atom is -0.457 e. The first-order chi connectivity index (χ1) is 14.9. The molecule has 2 heterocycles. The summed E-state index contributed by atoms with van der Waals surface area (Å²) in [7, 11) is 0. The van der Waals surface area contributed by atoms with Gasteiger partial charge in [0, 0.05) is 23.8 Å². The number of nitro benzene ring substituents is 1. The molecule has 3 aromatic rings. The summed E-state index contributed by atoms with van der Waals surface area (Å²) in [5.74, 6) is 0.476. The van der Waals surface area contributed by atoms with Gasteiger partial charge in [-0.15, -0.1) is 0 Å². The molecule has 2 amide bonds. The van der Waals surface area contributed by atoms with Crippen LogP contribution < -0.4 is 0 Å². The van der Waals surface area contributed by atoms with Gasteiger partial charge in [0.1, 0.15) is 11.5 Å². The van der Waals surface area contributed by atoms with Gasteiger partial charge in [0.15, 0.2) is 0 Å². The zero-order valence-corrected chi connectivity index (χ0v) is 16.7. The number of carbonyl (C=O) groups is 2. The second kappa shape index (κ2) is 8.30. The lowest BCUT2D eigenvalue weighted by atomic mass is 10.1. The molecule has 0 unspecified atom stereocenters. The molecule has 1 fully saturated rings. The van der Waals surface area contributed by atoms with E-state index >= 15 is 0 Å². The number of amides is 2. The average Bonchev–Trinajstić information content (AvgIpc) is 3.34. The molecule has 0 aliphatic carbocycles. The van der Waals surface area contributed by atoms with Crippen molar-refractivity contribution in [3.8, 4) is 17.4 Å². The highest BCUT2D eigenvalue weighted by Gasteiger charge is 2.35. The van der Waals surface area contributed by atoms with Crippen molar-refractivity contribution in [3.05, 3.63) is 92.6 Å². The summed E-state index contributed by atoms with van der Waals surface area (Å²) in [5.41, 5.74) is 1.69. The summed E-state index contributed by atoms with van der Waals surface area (Å²) >= 11 is 0.785. The Balaban J connectivity index is 1.52. The third-order valence-corrected chi connectivity index (χ3v) is 5.44. The number of hydrogen-bond donors (Lipinski definition) is 0. The number of non-ortho nitro benzene ring substituents is 1. The first-order valence-corrected chi connectivity index (χ1v) is 9.85. The lowest BCUT2D eigenvalue weighted by Gasteiger charge is -2.12. The molecule has 1 aromatic heterocycles. The SMILES string of the molecule is N#Cc1ccc(-c2ccc(/C=C3\SC(=O)N(Cc4cccc([N+](=O)[O-])c4)C3=O)o2)cc1. The van der Waals surface area contributed by atoms with Crippen molar-refractivity contribution >= 4 is 34.7 Å². The normalized spacial score (nSPS) is 14.8. The van der Waals surface area contributed by atoms with E-state index in [0.717, 1.165) is 22.2 Å². The Kier molecular flexibility index (Phi) is 5.39. The Morgan fingerprint density at radius 1 is 1.13 bits per heavy atom. The molecule has 0 radical (unpaired) electrons. The Hall–Kier alpha value is -4.16. The van der Waals surface area contributed by atoms with Crippen LogP contribution in [0.15, 0.2) is 70.0 Å². The van der Waals surface area contributed by atoms with Gasteiger partial charge < -0.3 is 4.42 Å². The van der Waals surface area contributed by atoms with Gasteiger partial charge in [0.2, 0.25) is 0 Å². The van der Waals surface area contributed by atoms with Crippen LogP contribution in [-0.4, -0.2) is 21.0 Å². The second-order valence-corrected chi connectivity index (χ2v) is 7.58. The van der Waals surface area contributed by atoms with E-state index < -0.39 is 16.1 Å². The highest BCUT2D eigenvalue weighted by atomic mass is 32.2. The van der Waals surface area contributed by atoms with Crippen LogP contribution in [0.2, 0.25) is 0 Å². The average molecular weight is 431 g/mol. The van der Waals surface area contributed by atoms with E-state index in [4.69, 9.17) is 9.68 Å². The van der Waals surface area contributed by atoms with Crippen molar-refractivity contribution in [3.63, 3.8) is 0 Å². The quantitative estimate of drug-likeness (QED) is 0.318. The first-order valence-electron chi connectivity index (χ1n) is 9.03. The Morgan fingerprint density at radius 3 is 2.61 bits per heavy atom. The van der Waals surface area contributed by atoms with Crippen LogP contribution in [0.3, 0.4) is 0 Å². The summed E-state index contributed by atoms with van der Waals surface area (Å²) < 4.78 is 5.75. The fourth-order valence-electron chi connectivity index (χ4n) is 3.01. The Morgan fingerprint density at radius 2 is 1.90 bits per heavy atom. The van der Waals surface area contributed by atoms with E-state index in [-0.39, 0.29) is 17.1 Å². The van der Waals surface area contributed by atoms with Gasteiger partial charge >= 0.3 is 0 Å². The summed E-state index contributed by atoms with van der Waals surface area (Å²) in [6.45, 7) is -0.0572. The van der Waals surface area contributed by atoms with Crippen molar-refractivity contribution in [1.82, 2.24) is 4.90 Å². The monoisotopic (exact) mass is 431 g/mol. The third kappa shape index (κ3) is 4.24. The van der Waals surface area contributed by atoms with Gasteiger partial charge in [-0.3, -0.25) is 24.6 Å². The van der Waals surface area contributed by atoms with Crippen LogP contribution in [-0.2, 0) is 11.3 Å². The number of nitriles is 1. The van der Waals surface area contributed by atoms with E-state index in [2.05, 4.69) is 0 Å². The molecule has 0 spiro atoms. The molecule has 1 aliphatic rings. The van der Waals surface area contributed by atoms with Crippen molar-refractivity contribution in [1.29, 1.82) is 5.26 Å². The standard InChI is InChI=1S/C22H13N3O5S/c23-12-14-4-6-16(7-5-14)19-9-8-18(30-19)11-20-21(26)24(22(27)31-20)13-15-2-1-3-17(10-15)25(28)29/h1-11H,13H2/b20-11-. The highest BCUT2D eigenvalue weighted by Crippen LogP contribution is 2.34. The molecule has 31 heavy (non-hydrogen) atoms. The summed E-state index contributed by atoms with van der Waals surface area (Å²) in [6, 6.07) is 18.2. The topological polar surface area (TPSA) is 117 Å². The molecule has 0 bridgehead atoms. The number of thioether (sulfide) groups is 1. The predicted octanol–water partition coefficient (Wildman–Crippen LogP) is 4.96. The Labute approximate surface area is 180 Å². The number of imide groups is 1. The van der Waals surface area contributed by atoms with E-state index in [1.165, 1.54) is 24.3 Å². The minimum absolute atomic E-state index is 0.0572. The largest absolute Gasteiger partial charge is 0.457 e. The maximum Gasteiger partial charge on any atom is 0.293 e. The fourth-order valence-corrected chi connectivity index (χ4v) is 3.83. The highest BCUT2D eigenvalue weighted by molar-refractivity contribution is 8.18. The van der Waals surface area contributed by atoms with Gasteiger partial charge in [-0.2, -0.15) is 5.26 Å². The van der Waals surface area contributed by atoms with Crippen molar-refractivity contribution in [2.75, 3.05) is 0 Å². The molecule has 1 aliphatic heterocycles. The lowest BCUT2D eigenvalue weighted by molar-refractivity contribution is -0.384. The lowest BCUT2D eigenvalue weighted by Crippen LogP contribution is -2.27. The first kappa shape index (κ1) is 20.1. The number of rotatable bonds is 5. The van der Waals surface area contributed by atoms with E-state index in [9.17, 15) is 19.7 Å². The van der Waals surface area contributed by atoms with Crippen LogP contribution in [0, 0.1) is 21.4 Å². The molecule has 4 rings (SSSR count). The predicted molar refractivity (Wildman–Crippen MR) is 113 cm³/mol. The van der Waals surface area contributed by atoms with Crippen LogP contribution in [0.5, 0.6) is 0 Å². The van der Waals surface area contributed by atoms with Crippen molar-refractivity contribution in [2.45, 2.75) is 6.54 Å². The second-order valence-electron chi connectivity index (χ2n) is 6.59. The molecular weight excluding hydrogens is 418 g/mol. The molecule has 0 saturated carbocycles. The number of benzene rings is 2. The number of nitrogens with zero attached hydrogens (tertiary/aromatic N) is 3. The van der Waals surface area contributed by atoms with E-state index in [1.54, 1.807) is 42.5 Å². The van der Waals surface area contributed by atoms with Crippen LogP contribution >= 0.6 is 11.8 Å². The molecule has 0 N–H and O–H groups in total. The summed E-state index contributed by atoms with van der Waals surface area (Å²) in [4.78, 5) is 36.7. The van der Waals surface area contributed by atoms with Crippen LogP contribution in [0.25, 0.3) is 17.4 Å². The molecule has 9 heteroatoms. The fraction of sp³-hybridized carbons (Fsp3) is 0.0455. The molecule has 152 valence electrons. The number of hydrogen-bond acceptors (Lipinski definition) is 7. The van der Waals surface area contributed by atoms with E-state index in [1.807, 2.05) is 6.07 Å². The molecular formula is C22H13N3O5S. The third-order valence-electron chi connectivity index (χ3n) is 4.53. The molecule has 0 atom stereocenters. The van der Waals surface area contributed by atoms with Gasteiger partial charge in [-0.1, -0.05) is 12.1 Å². The minimum atomic E-state index is -0.528. The smallest absolute Gasteiger partial charge is 0.293 e. The van der Waals surface area contributed by atoms with Crippen molar-refractivity contribution in [2.24, 2.45) is 0 Å². The van der Waals surface area contributed by atoms with Gasteiger partial charge in [0.25, 0.3) is 16.8 Å². The van der Waals surface area contributed by atoms with Gasteiger partial charge in [0.05, 0.1) is 28.0 Å². The van der Waals surface area contributed by atoms with Gasteiger partial charge in [-0.25, -0.2) is 0 Å². The molecule has 8 nitrogen and oxygen atoms in total. The van der Waals surface area contributed by atoms with E-state index in [0.29, 0.717) is 22.6 Å². The van der Waals surface area contributed by atoms with Gasteiger partial charge in [-0.05, 0) is 53.7 Å². The maximum atomic E-state index is 12.7. The molecule has 1 saturated heterocycles. The number of furan rings is 1. The van der Waals surface area contributed by atoms with Crippen LogP contribution in [0.1, 0.15) is 16.9 Å². The van der Waals surface area contributed by atoms with Crippen LogP contribution in [0.4, 0.5) is 10.5 Å². The number of nitro groups is 1. The zero-order chi connectivity index (χ0) is 22.0. The summed E-state index contributed by atoms with van der Waals surface area (Å²) in [6.07, 6.45) is 1.49. The maximum absolute atomic E-state index is 12.7.